The number of unbranched alkanes of at least 4 members (excludes halogenated alkanes) is 7. The molecule has 2 saturated heterocycles. The number of nitrogens with zero attached hydrogens (tertiary/aromatic N) is 1. The predicted molar refractivity (Wildman–Crippen MR) is 145 cm³/mol. The minimum atomic E-state index is -0.473. The lowest BCUT2D eigenvalue weighted by molar-refractivity contribution is -0.345. The third-order valence-electron chi connectivity index (χ3n) is 8.34. The molecule has 0 saturated carbocycles. The fourth-order valence-electron chi connectivity index (χ4n) is 6.46. The number of rotatable bonds is 15. The van der Waals surface area contributed by atoms with Crippen LogP contribution in [-0.2, 0) is 20.7 Å². The van der Waals surface area contributed by atoms with Crippen molar-refractivity contribution < 1.29 is 14.3 Å². The lowest BCUT2D eigenvalue weighted by Gasteiger charge is -2.58. The Kier molecular flexibility index (Phi) is 11.1. The van der Waals surface area contributed by atoms with Gasteiger partial charge in [0.1, 0.15) is 0 Å². The van der Waals surface area contributed by atoms with Gasteiger partial charge in [-0.1, -0.05) is 102 Å². The van der Waals surface area contributed by atoms with Gasteiger partial charge < -0.3 is 9.47 Å². The minimum absolute atomic E-state index is 0.0776. The van der Waals surface area contributed by atoms with Crippen molar-refractivity contribution in [2.75, 3.05) is 13.2 Å². The SMILES string of the molecule is CCCCCCCCCCC1COC2(CC(C)(C)N(OCCc3ccccc3)C(CC)(CC)C2)O1. The number of piperidine rings is 1. The maximum atomic E-state index is 6.76. The molecule has 4 nitrogen and oxygen atoms in total. The fourth-order valence-corrected chi connectivity index (χ4v) is 6.46. The zero-order chi connectivity index (χ0) is 25.2. The van der Waals surface area contributed by atoms with Gasteiger partial charge in [-0.05, 0) is 45.1 Å². The number of hydrogen-bond donors (Lipinski definition) is 0. The van der Waals surface area contributed by atoms with Gasteiger partial charge in [0, 0.05) is 18.4 Å². The normalized spacial score (nSPS) is 25.9. The Morgan fingerprint density at radius 3 is 2.20 bits per heavy atom. The first-order valence-electron chi connectivity index (χ1n) is 14.7. The van der Waals surface area contributed by atoms with Crippen LogP contribution in [0.5, 0.6) is 0 Å². The third-order valence-corrected chi connectivity index (χ3v) is 8.34. The Balaban J connectivity index is 1.53. The van der Waals surface area contributed by atoms with E-state index in [1.165, 1.54) is 56.9 Å². The zero-order valence-electron chi connectivity index (χ0n) is 23.4. The van der Waals surface area contributed by atoms with Gasteiger partial charge in [-0.2, -0.15) is 5.06 Å². The van der Waals surface area contributed by atoms with Crippen LogP contribution in [0.15, 0.2) is 30.3 Å². The first kappa shape index (κ1) is 28.6. The largest absolute Gasteiger partial charge is 0.347 e. The molecule has 200 valence electrons. The van der Waals surface area contributed by atoms with Crippen molar-refractivity contribution in [3.05, 3.63) is 35.9 Å². The fraction of sp³-hybridized carbons (Fsp3) is 0.806. The molecule has 0 aromatic heterocycles. The molecule has 1 aromatic carbocycles. The van der Waals surface area contributed by atoms with Crippen LogP contribution in [0.3, 0.4) is 0 Å². The highest BCUT2D eigenvalue weighted by Gasteiger charge is 2.59. The van der Waals surface area contributed by atoms with Crippen LogP contribution in [0.1, 0.15) is 124 Å². The topological polar surface area (TPSA) is 30.9 Å². The molecule has 0 aliphatic carbocycles. The molecule has 2 atom stereocenters. The Morgan fingerprint density at radius 1 is 0.886 bits per heavy atom. The van der Waals surface area contributed by atoms with Gasteiger partial charge in [-0.25, -0.2) is 0 Å². The second-order valence-corrected chi connectivity index (χ2v) is 11.7. The quantitative estimate of drug-likeness (QED) is 0.233. The predicted octanol–water partition coefficient (Wildman–Crippen LogP) is 8.24. The van der Waals surface area contributed by atoms with Gasteiger partial charge in [0.05, 0.1) is 24.9 Å². The van der Waals surface area contributed by atoms with Gasteiger partial charge in [0.15, 0.2) is 5.79 Å². The summed E-state index contributed by atoms with van der Waals surface area (Å²) in [7, 11) is 0. The molecule has 4 heteroatoms. The Labute approximate surface area is 216 Å². The van der Waals surface area contributed by atoms with Gasteiger partial charge >= 0.3 is 0 Å². The lowest BCUT2D eigenvalue weighted by Crippen LogP contribution is -2.67. The first-order chi connectivity index (χ1) is 16.9. The van der Waals surface area contributed by atoms with Gasteiger partial charge in [0.25, 0.3) is 0 Å². The van der Waals surface area contributed by atoms with Crippen molar-refractivity contribution in [3.8, 4) is 0 Å². The summed E-state index contributed by atoms with van der Waals surface area (Å²) in [5, 5.41) is 2.33. The molecule has 1 aromatic rings. The smallest absolute Gasteiger partial charge is 0.172 e. The summed E-state index contributed by atoms with van der Waals surface area (Å²) in [6.07, 6.45) is 16.9. The Bertz CT molecular complexity index is 717. The van der Waals surface area contributed by atoms with E-state index < -0.39 is 5.79 Å². The number of benzene rings is 1. The van der Waals surface area contributed by atoms with Crippen LogP contribution < -0.4 is 0 Å². The van der Waals surface area contributed by atoms with Gasteiger partial charge in [-0.15, -0.1) is 0 Å². The van der Waals surface area contributed by atoms with Crippen molar-refractivity contribution in [1.29, 1.82) is 0 Å². The summed E-state index contributed by atoms with van der Waals surface area (Å²) < 4.78 is 13.3. The van der Waals surface area contributed by atoms with E-state index in [1.54, 1.807) is 0 Å². The maximum Gasteiger partial charge on any atom is 0.172 e. The monoisotopic (exact) mass is 487 g/mol. The van der Waals surface area contributed by atoms with Crippen LogP contribution in [0, 0.1) is 0 Å². The Hall–Kier alpha value is -0.940. The second-order valence-electron chi connectivity index (χ2n) is 11.7. The summed E-state index contributed by atoms with van der Waals surface area (Å²) in [5.41, 5.74) is 1.09. The summed E-state index contributed by atoms with van der Waals surface area (Å²) in [6, 6.07) is 10.6. The van der Waals surface area contributed by atoms with E-state index in [2.05, 4.69) is 70.0 Å². The minimum Gasteiger partial charge on any atom is -0.347 e. The molecule has 2 aliphatic rings. The van der Waals surface area contributed by atoms with Crippen LogP contribution in [0.2, 0.25) is 0 Å². The summed E-state index contributed by atoms with van der Waals surface area (Å²) >= 11 is 0. The number of hydrogen-bond acceptors (Lipinski definition) is 4. The lowest BCUT2D eigenvalue weighted by atomic mass is 9.73. The average molecular weight is 488 g/mol. The van der Waals surface area contributed by atoms with E-state index in [4.69, 9.17) is 14.3 Å². The highest BCUT2D eigenvalue weighted by Crippen LogP contribution is 2.51. The number of hydroxylamine groups is 2. The number of ether oxygens (including phenoxy) is 2. The molecule has 2 aliphatic heterocycles. The molecule has 2 unspecified atom stereocenters. The molecule has 0 bridgehead atoms. The van der Waals surface area contributed by atoms with E-state index in [0.29, 0.717) is 6.61 Å². The zero-order valence-corrected chi connectivity index (χ0v) is 23.4. The van der Waals surface area contributed by atoms with Crippen molar-refractivity contribution in [2.45, 2.75) is 147 Å². The van der Waals surface area contributed by atoms with Crippen molar-refractivity contribution >= 4 is 0 Å². The van der Waals surface area contributed by atoms with Crippen LogP contribution in [-0.4, -0.2) is 41.2 Å². The third kappa shape index (κ3) is 7.77. The van der Waals surface area contributed by atoms with Crippen molar-refractivity contribution in [3.63, 3.8) is 0 Å². The van der Waals surface area contributed by atoms with E-state index in [0.717, 1.165) is 45.1 Å². The average Bonchev–Trinajstić information content (AvgIpc) is 3.23. The van der Waals surface area contributed by atoms with E-state index in [1.807, 2.05) is 0 Å². The first-order valence-corrected chi connectivity index (χ1v) is 14.7. The van der Waals surface area contributed by atoms with Crippen molar-refractivity contribution in [2.24, 2.45) is 0 Å². The summed E-state index contributed by atoms with van der Waals surface area (Å²) in [5.74, 6) is -0.473. The molecular formula is C31H53NO3. The van der Waals surface area contributed by atoms with Gasteiger partial charge in [-0.3, -0.25) is 4.84 Å². The molecule has 2 fully saturated rings. The second kappa shape index (κ2) is 13.6. The van der Waals surface area contributed by atoms with Crippen LogP contribution in [0.25, 0.3) is 0 Å². The van der Waals surface area contributed by atoms with E-state index in [9.17, 15) is 0 Å². The molecule has 1 spiro atoms. The van der Waals surface area contributed by atoms with Crippen LogP contribution in [0.4, 0.5) is 0 Å². The molecule has 0 radical (unpaired) electrons. The molecule has 3 rings (SSSR count). The Morgan fingerprint density at radius 2 is 1.54 bits per heavy atom. The van der Waals surface area contributed by atoms with E-state index >= 15 is 0 Å². The molecule has 0 N–H and O–H groups in total. The van der Waals surface area contributed by atoms with Crippen LogP contribution >= 0.6 is 0 Å². The standard InChI is InChI=1S/C31H53NO3/c1-6-9-10-11-12-13-14-18-21-28-24-33-31(35-28)25-29(4,5)32(30(7-2,8-3)26-31)34-23-22-27-19-16-15-17-20-27/h15-17,19-20,28H,6-14,18,21-26H2,1-5H3. The molecular weight excluding hydrogens is 434 g/mol. The summed E-state index contributed by atoms with van der Waals surface area (Å²) in [4.78, 5) is 6.58. The highest BCUT2D eigenvalue weighted by atomic mass is 16.7. The summed E-state index contributed by atoms with van der Waals surface area (Å²) in [6.45, 7) is 12.9. The highest BCUT2D eigenvalue weighted by molar-refractivity contribution is 5.14. The van der Waals surface area contributed by atoms with E-state index in [-0.39, 0.29) is 17.2 Å². The molecule has 0 amide bonds. The van der Waals surface area contributed by atoms with Gasteiger partial charge in [0.2, 0.25) is 0 Å². The molecule has 35 heavy (non-hydrogen) atoms. The van der Waals surface area contributed by atoms with Crippen molar-refractivity contribution in [1.82, 2.24) is 5.06 Å². The molecule has 2 heterocycles. The maximum absolute atomic E-state index is 6.76.